The van der Waals surface area contributed by atoms with E-state index in [9.17, 15) is 19.2 Å². The Kier molecular flexibility index (Phi) is 12.3. The van der Waals surface area contributed by atoms with Crippen LogP contribution in [-0.2, 0) is 23.8 Å². The number of fused-ring (bicyclic) bond motifs is 2. The lowest BCUT2D eigenvalue weighted by Crippen LogP contribution is -2.54. The van der Waals surface area contributed by atoms with Gasteiger partial charge in [-0.05, 0) is 61.0 Å². The molecule has 2 aliphatic heterocycles. The minimum absolute atomic E-state index is 0.0633. The highest BCUT2D eigenvalue weighted by Crippen LogP contribution is 2.32. The molecule has 5 aromatic rings. The third-order valence-corrected chi connectivity index (χ3v) is 8.90. The second-order valence-corrected chi connectivity index (χ2v) is 12.7. The Bertz CT molecular complexity index is 2200. The number of para-hydroxylation sites is 1. The minimum Gasteiger partial charge on any atom is -0.491 e. The molecule has 288 valence electrons. The number of rotatable bonds is 19. The summed E-state index contributed by atoms with van der Waals surface area (Å²) in [5.74, 6) is -0.386. The zero-order chi connectivity index (χ0) is 38.7. The van der Waals surface area contributed by atoms with Crippen molar-refractivity contribution in [1.29, 1.82) is 0 Å². The van der Waals surface area contributed by atoms with Gasteiger partial charge in [0.2, 0.25) is 17.8 Å². The van der Waals surface area contributed by atoms with Gasteiger partial charge in [0.25, 0.3) is 11.8 Å². The van der Waals surface area contributed by atoms with Crippen LogP contribution in [0.3, 0.4) is 0 Å². The summed E-state index contributed by atoms with van der Waals surface area (Å²) < 4.78 is 22.6. The van der Waals surface area contributed by atoms with Crippen LogP contribution in [-0.4, -0.2) is 102 Å². The number of amides is 4. The summed E-state index contributed by atoms with van der Waals surface area (Å²) in [6.07, 6.45) is 3.62. The Hall–Kier alpha value is -6.49. The molecule has 1 unspecified atom stereocenters. The van der Waals surface area contributed by atoms with Crippen molar-refractivity contribution in [1.82, 2.24) is 25.2 Å². The van der Waals surface area contributed by atoms with E-state index < -0.39 is 29.7 Å². The number of benzene rings is 3. The van der Waals surface area contributed by atoms with Crippen molar-refractivity contribution in [2.45, 2.75) is 18.9 Å². The maximum Gasteiger partial charge on any atom is 0.264 e. The molecule has 3 aromatic carbocycles. The van der Waals surface area contributed by atoms with E-state index in [1.165, 1.54) is 0 Å². The first-order valence-corrected chi connectivity index (χ1v) is 18.2. The Morgan fingerprint density at radius 2 is 1.52 bits per heavy atom. The van der Waals surface area contributed by atoms with E-state index in [1.807, 2.05) is 54.6 Å². The minimum atomic E-state index is -1.01. The average molecular weight is 761 g/mol. The van der Waals surface area contributed by atoms with Crippen LogP contribution >= 0.6 is 0 Å². The molecule has 0 bridgehead atoms. The first-order valence-electron chi connectivity index (χ1n) is 18.2. The van der Waals surface area contributed by atoms with Crippen LogP contribution in [0, 0.1) is 0 Å². The standard InChI is InChI=1S/C40H40N8O8/c49-35-13-12-33(37(50)47-35)48-38(51)30-5-3-7-32(36(30)39(48)52)41-16-17-53-18-19-54-20-21-55-22-23-56-29-10-8-27(9-11-29)45-40-42-15-14-34(46-40)44-28-24-26-4-1-2-6-31(26)43-25-28/h1-11,14-15,24-25,33,41H,12-13,16-23H2,(H,47,49,50)(H2,42,44,45,46). The quantitative estimate of drug-likeness (QED) is 0.0681. The topological polar surface area (TPSA) is 195 Å². The lowest BCUT2D eigenvalue weighted by molar-refractivity contribution is -0.136. The van der Waals surface area contributed by atoms with Crippen molar-refractivity contribution < 1.29 is 38.1 Å². The normalized spacial score (nSPS) is 15.1. The zero-order valence-electron chi connectivity index (χ0n) is 30.4. The number of imide groups is 2. The number of anilines is 5. The Balaban J connectivity index is 0.727. The maximum absolute atomic E-state index is 13.2. The van der Waals surface area contributed by atoms with Gasteiger partial charge in [0.1, 0.15) is 24.2 Å². The predicted octanol–water partition coefficient (Wildman–Crippen LogP) is 4.45. The first-order chi connectivity index (χ1) is 27.4. The van der Waals surface area contributed by atoms with Crippen molar-refractivity contribution in [2.75, 3.05) is 68.7 Å². The number of piperidine rings is 1. The van der Waals surface area contributed by atoms with Gasteiger partial charge in [0.05, 0.1) is 68.2 Å². The molecule has 1 atom stereocenters. The number of aromatic nitrogens is 3. The number of hydrogen-bond acceptors (Lipinski definition) is 14. The molecule has 4 heterocycles. The molecule has 1 saturated heterocycles. The molecule has 0 radical (unpaired) electrons. The van der Waals surface area contributed by atoms with Crippen LogP contribution in [0.5, 0.6) is 5.75 Å². The summed E-state index contributed by atoms with van der Waals surface area (Å²) in [7, 11) is 0. The summed E-state index contributed by atoms with van der Waals surface area (Å²) in [4.78, 5) is 64.4. The van der Waals surface area contributed by atoms with Gasteiger partial charge >= 0.3 is 0 Å². The Morgan fingerprint density at radius 3 is 2.32 bits per heavy atom. The summed E-state index contributed by atoms with van der Waals surface area (Å²) in [5, 5.41) is 12.9. The largest absolute Gasteiger partial charge is 0.491 e. The third kappa shape index (κ3) is 9.41. The molecule has 2 aliphatic rings. The van der Waals surface area contributed by atoms with Crippen LogP contribution < -0.4 is 26.0 Å². The highest BCUT2D eigenvalue weighted by atomic mass is 16.6. The molecule has 0 aliphatic carbocycles. The molecule has 0 spiro atoms. The van der Waals surface area contributed by atoms with Crippen LogP contribution in [0.15, 0.2) is 91.3 Å². The van der Waals surface area contributed by atoms with E-state index in [0.29, 0.717) is 76.0 Å². The predicted molar refractivity (Wildman–Crippen MR) is 206 cm³/mol. The first kappa shape index (κ1) is 37.8. The third-order valence-electron chi connectivity index (χ3n) is 8.90. The van der Waals surface area contributed by atoms with E-state index >= 15 is 0 Å². The van der Waals surface area contributed by atoms with Gasteiger partial charge in [-0.2, -0.15) is 4.98 Å². The number of carbonyl (C=O) groups excluding carboxylic acids is 4. The molecule has 4 amide bonds. The van der Waals surface area contributed by atoms with Gasteiger partial charge < -0.3 is 34.9 Å². The molecular formula is C40H40N8O8. The molecule has 1 fully saturated rings. The smallest absolute Gasteiger partial charge is 0.264 e. The van der Waals surface area contributed by atoms with E-state index in [0.717, 1.165) is 27.2 Å². The molecule has 2 aromatic heterocycles. The highest BCUT2D eigenvalue weighted by molar-refractivity contribution is 6.25. The maximum atomic E-state index is 13.2. The molecular weight excluding hydrogens is 720 g/mol. The second kappa shape index (κ2) is 18.2. The van der Waals surface area contributed by atoms with Crippen LogP contribution in [0.25, 0.3) is 10.9 Å². The lowest BCUT2D eigenvalue weighted by atomic mass is 10.0. The van der Waals surface area contributed by atoms with E-state index in [1.54, 1.807) is 36.7 Å². The highest BCUT2D eigenvalue weighted by Gasteiger charge is 2.45. The fourth-order valence-electron chi connectivity index (χ4n) is 6.22. The molecule has 0 saturated carbocycles. The molecule has 16 nitrogen and oxygen atoms in total. The van der Waals surface area contributed by atoms with Gasteiger partial charge in [0, 0.05) is 35.9 Å². The molecule has 56 heavy (non-hydrogen) atoms. The number of hydrogen-bond donors (Lipinski definition) is 4. The van der Waals surface area contributed by atoms with E-state index in [-0.39, 0.29) is 24.0 Å². The summed E-state index contributed by atoms with van der Waals surface area (Å²) in [6, 6.07) is 23.1. The number of nitrogens with zero attached hydrogens (tertiary/aromatic N) is 4. The van der Waals surface area contributed by atoms with Crippen LogP contribution in [0.1, 0.15) is 33.6 Å². The molecule has 7 rings (SSSR count). The average Bonchev–Trinajstić information content (AvgIpc) is 3.46. The van der Waals surface area contributed by atoms with Gasteiger partial charge in [0.15, 0.2) is 0 Å². The van der Waals surface area contributed by atoms with Crippen molar-refractivity contribution in [3.8, 4) is 5.75 Å². The fourth-order valence-corrected chi connectivity index (χ4v) is 6.22. The zero-order valence-corrected chi connectivity index (χ0v) is 30.4. The van der Waals surface area contributed by atoms with Crippen molar-refractivity contribution in [2.24, 2.45) is 0 Å². The number of ether oxygens (including phenoxy) is 4. The summed E-state index contributed by atoms with van der Waals surface area (Å²) in [6.45, 7) is 3.03. The second-order valence-electron chi connectivity index (χ2n) is 12.7. The summed E-state index contributed by atoms with van der Waals surface area (Å²) >= 11 is 0. The van der Waals surface area contributed by atoms with Crippen molar-refractivity contribution in [3.63, 3.8) is 0 Å². The van der Waals surface area contributed by atoms with Crippen molar-refractivity contribution >= 4 is 63.4 Å². The lowest BCUT2D eigenvalue weighted by Gasteiger charge is -2.27. The van der Waals surface area contributed by atoms with E-state index in [4.69, 9.17) is 18.9 Å². The fraction of sp³-hybridized carbons (Fsp3) is 0.275. The SMILES string of the molecule is O=C1CCC(N2C(=O)c3cccc(NCCOCCOCCOCCOc4ccc(Nc5nccc(Nc6cnc7ccccc7c6)n5)cc4)c3C2=O)C(=O)N1. The monoisotopic (exact) mass is 760 g/mol. The van der Waals surface area contributed by atoms with Gasteiger partial charge in [-0.25, -0.2) is 4.98 Å². The van der Waals surface area contributed by atoms with Gasteiger partial charge in [-0.1, -0.05) is 24.3 Å². The van der Waals surface area contributed by atoms with Crippen LogP contribution in [0.4, 0.5) is 28.8 Å². The number of pyridine rings is 1. The molecule has 16 heteroatoms. The van der Waals surface area contributed by atoms with Gasteiger partial charge in [-0.15, -0.1) is 0 Å². The van der Waals surface area contributed by atoms with Gasteiger partial charge in [-0.3, -0.25) is 34.4 Å². The Labute approximate surface area is 321 Å². The summed E-state index contributed by atoms with van der Waals surface area (Å²) in [5.41, 5.74) is 3.47. The number of nitrogens with one attached hydrogen (secondary N) is 4. The Morgan fingerprint density at radius 1 is 0.750 bits per heavy atom. The molecule has 4 N–H and O–H groups in total. The number of carbonyl (C=O) groups is 4. The van der Waals surface area contributed by atoms with Crippen molar-refractivity contribution in [3.05, 3.63) is 102 Å². The van der Waals surface area contributed by atoms with E-state index in [2.05, 4.69) is 36.2 Å². The van der Waals surface area contributed by atoms with Crippen LogP contribution in [0.2, 0.25) is 0 Å².